The van der Waals surface area contributed by atoms with E-state index in [9.17, 15) is 9.59 Å². The molecule has 1 fully saturated rings. The molecule has 174 valence electrons. The van der Waals surface area contributed by atoms with Crippen LogP contribution in [-0.2, 0) is 22.4 Å². The summed E-state index contributed by atoms with van der Waals surface area (Å²) in [6.07, 6.45) is 5.13. The van der Waals surface area contributed by atoms with Gasteiger partial charge in [0.2, 0.25) is 5.91 Å². The standard InChI is InChI=1S/C24H27N3O4S2/c1-2-30-16-10-8-15(9-11-16)27-23(29)21-18-6-3-7-19(18)33-22(21)26-24(27)32-14-20(28)25-13-17-5-4-12-31-17/h8-11,17H,2-7,12-14H2,1H3,(H,25,28)/t17-/m0/s1. The average molecular weight is 486 g/mol. The minimum atomic E-state index is -0.0863. The lowest BCUT2D eigenvalue weighted by atomic mass is 10.2. The Morgan fingerprint density at radius 3 is 2.91 bits per heavy atom. The van der Waals surface area contributed by atoms with Crippen molar-refractivity contribution in [2.75, 3.05) is 25.5 Å². The molecule has 0 bridgehead atoms. The minimum Gasteiger partial charge on any atom is -0.494 e. The molecule has 0 saturated carbocycles. The summed E-state index contributed by atoms with van der Waals surface area (Å²) in [6.45, 7) is 3.80. The van der Waals surface area contributed by atoms with Gasteiger partial charge in [0, 0.05) is 18.0 Å². The third-order valence-electron chi connectivity index (χ3n) is 6.00. The molecule has 1 N–H and O–H groups in total. The molecule has 1 saturated heterocycles. The SMILES string of the molecule is CCOc1ccc(-n2c(SCC(=O)NC[C@@H]3CCCO3)nc3sc4c(c3c2=O)CCC4)cc1. The number of benzene rings is 1. The molecule has 3 heterocycles. The highest BCUT2D eigenvalue weighted by Gasteiger charge is 2.24. The number of carbonyl (C=O) groups is 1. The number of nitrogens with one attached hydrogen (secondary N) is 1. The van der Waals surface area contributed by atoms with E-state index < -0.39 is 0 Å². The summed E-state index contributed by atoms with van der Waals surface area (Å²) in [5, 5.41) is 4.21. The van der Waals surface area contributed by atoms with Crippen LogP contribution in [0.2, 0.25) is 0 Å². The first-order valence-electron chi connectivity index (χ1n) is 11.5. The highest BCUT2D eigenvalue weighted by atomic mass is 32.2. The summed E-state index contributed by atoms with van der Waals surface area (Å²) in [4.78, 5) is 33.1. The maximum Gasteiger partial charge on any atom is 0.267 e. The molecule has 33 heavy (non-hydrogen) atoms. The maximum atomic E-state index is 13.7. The van der Waals surface area contributed by atoms with Crippen LogP contribution in [0.4, 0.5) is 0 Å². The van der Waals surface area contributed by atoms with E-state index in [4.69, 9.17) is 14.5 Å². The van der Waals surface area contributed by atoms with Gasteiger partial charge >= 0.3 is 0 Å². The van der Waals surface area contributed by atoms with Crippen molar-refractivity contribution in [3.05, 3.63) is 45.1 Å². The average Bonchev–Trinajstić information content (AvgIpc) is 3.55. The number of thiophene rings is 1. The van der Waals surface area contributed by atoms with E-state index in [0.29, 0.717) is 18.3 Å². The third-order valence-corrected chi connectivity index (χ3v) is 8.12. The quantitative estimate of drug-likeness (QED) is 0.387. The molecule has 0 radical (unpaired) electrons. The van der Waals surface area contributed by atoms with E-state index in [0.717, 1.165) is 65.9 Å². The Balaban J connectivity index is 1.45. The number of aryl methyl sites for hydroxylation is 2. The molecular formula is C24H27N3O4S2. The Bertz CT molecular complexity index is 1210. The molecular weight excluding hydrogens is 458 g/mol. The van der Waals surface area contributed by atoms with Crippen molar-refractivity contribution in [3.63, 3.8) is 0 Å². The van der Waals surface area contributed by atoms with Gasteiger partial charge in [0.1, 0.15) is 10.6 Å². The van der Waals surface area contributed by atoms with Gasteiger partial charge in [-0.1, -0.05) is 11.8 Å². The summed E-state index contributed by atoms with van der Waals surface area (Å²) in [5.74, 6) is 0.853. The van der Waals surface area contributed by atoms with E-state index in [1.165, 1.54) is 16.6 Å². The number of thioether (sulfide) groups is 1. The predicted octanol–water partition coefficient (Wildman–Crippen LogP) is 3.72. The van der Waals surface area contributed by atoms with Crippen molar-refractivity contribution in [1.29, 1.82) is 0 Å². The van der Waals surface area contributed by atoms with E-state index in [2.05, 4.69) is 5.32 Å². The number of hydrogen-bond acceptors (Lipinski definition) is 7. The molecule has 0 unspecified atom stereocenters. The summed E-state index contributed by atoms with van der Waals surface area (Å²) in [7, 11) is 0. The Kier molecular flexibility index (Phi) is 6.71. The van der Waals surface area contributed by atoms with Gasteiger partial charge in [-0.05, 0) is 68.9 Å². The van der Waals surface area contributed by atoms with Gasteiger partial charge in [-0.3, -0.25) is 14.2 Å². The van der Waals surface area contributed by atoms with Crippen molar-refractivity contribution in [2.24, 2.45) is 0 Å². The van der Waals surface area contributed by atoms with Crippen molar-refractivity contribution < 1.29 is 14.3 Å². The van der Waals surface area contributed by atoms with Crippen LogP contribution in [0.1, 0.15) is 36.6 Å². The molecule has 1 amide bonds. The zero-order valence-corrected chi connectivity index (χ0v) is 20.2. The van der Waals surface area contributed by atoms with Gasteiger partial charge < -0.3 is 14.8 Å². The Hall–Kier alpha value is -2.36. The fraction of sp³-hybridized carbons (Fsp3) is 0.458. The molecule has 1 atom stereocenters. The van der Waals surface area contributed by atoms with Gasteiger partial charge in [-0.15, -0.1) is 11.3 Å². The molecule has 7 nitrogen and oxygen atoms in total. The lowest BCUT2D eigenvalue weighted by Crippen LogP contribution is -2.33. The van der Waals surface area contributed by atoms with E-state index in [-0.39, 0.29) is 23.3 Å². The normalized spacial score (nSPS) is 17.4. The van der Waals surface area contributed by atoms with Crippen LogP contribution in [0.5, 0.6) is 5.75 Å². The minimum absolute atomic E-state index is 0.0641. The lowest BCUT2D eigenvalue weighted by molar-refractivity contribution is -0.119. The summed E-state index contributed by atoms with van der Waals surface area (Å²) < 4.78 is 12.8. The van der Waals surface area contributed by atoms with E-state index >= 15 is 0 Å². The monoisotopic (exact) mass is 485 g/mol. The largest absolute Gasteiger partial charge is 0.494 e. The van der Waals surface area contributed by atoms with Gasteiger partial charge in [0.15, 0.2) is 5.16 Å². The highest BCUT2D eigenvalue weighted by Crippen LogP contribution is 2.36. The topological polar surface area (TPSA) is 82.4 Å². The molecule has 2 aromatic heterocycles. The zero-order chi connectivity index (χ0) is 22.8. The highest BCUT2D eigenvalue weighted by molar-refractivity contribution is 7.99. The number of aromatic nitrogens is 2. The lowest BCUT2D eigenvalue weighted by Gasteiger charge is -2.14. The zero-order valence-electron chi connectivity index (χ0n) is 18.6. The van der Waals surface area contributed by atoms with Crippen molar-refractivity contribution in [2.45, 2.75) is 50.3 Å². The number of amides is 1. The second-order valence-corrected chi connectivity index (χ2v) is 10.3. The number of nitrogens with zero attached hydrogens (tertiary/aromatic N) is 2. The molecule has 5 rings (SSSR count). The summed E-state index contributed by atoms with van der Waals surface area (Å²) >= 11 is 2.91. The second-order valence-electron chi connectivity index (χ2n) is 8.23. The van der Waals surface area contributed by atoms with Crippen LogP contribution in [-0.4, -0.2) is 47.1 Å². The number of rotatable bonds is 8. The smallest absolute Gasteiger partial charge is 0.267 e. The molecule has 1 aliphatic heterocycles. The van der Waals surface area contributed by atoms with Crippen LogP contribution in [0.15, 0.2) is 34.2 Å². The number of ether oxygens (including phenoxy) is 2. The molecule has 1 aliphatic carbocycles. The second kappa shape index (κ2) is 9.87. The van der Waals surface area contributed by atoms with Crippen LogP contribution < -0.4 is 15.6 Å². The molecule has 0 spiro atoms. The van der Waals surface area contributed by atoms with Gasteiger partial charge in [0.25, 0.3) is 5.56 Å². The number of fused-ring (bicyclic) bond motifs is 3. The number of carbonyl (C=O) groups excluding carboxylic acids is 1. The Morgan fingerprint density at radius 1 is 1.30 bits per heavy atom. The van der Waals surface area contributed by atoms with Crippen LogP contribution in [0, 0.1) is 0 Å². The fourth-order valence-corrected chi connectivity index (χ4v) is 6.57. The first-order valence-corrected chi connectivity index (χ1v) is 13.3. The third kappa shape index (κ3) is 4.67. The van der Waals surface area contributed by atoms with Crippen LogP contribution >= 0.6 is 23.1 Å². The van der Waals surface area contributed by atoms with Crippen LogP contribution in [0.3, 0.4) is 0 Å². The Morgan fingerprint density at radius 2 is 2.15 bits per heavy atom. The van der Waals surface area contributed by atoms with Crippen molar-refractivity contribution in [1.82, 2.24) is 14.9 Å². The molecule has 2 aliphatic rings. The molecule has 9 heteroatoms. The van der Waals surface area contributed by atoms with Crippen LogP contribution in [0.25, 0.3) is 15.9 Å². The maximum absolute atomic E-state index is 13.7. The number of hydrogen-bond donors (Lipinski definition) is 1. The van der Waals surface area contributed by atoms with E-state index in [1.807, 2.05) is 31.2 Å². The summed E-state index contributed by atoms with van der Waals surface area (Å²) in [5.41, 5.74) is 1.81. The first-order chi connectivity index (χ1) is 16.1. The van der Waals surface area contributed by atoms with Crippen molar-refractivity contribution in [3.8, 4) is 11.4 Å². The van der Waals surface area contributed by atoms with Crippen molar-refractivity contribution >= 4 is 39.2 Å². The van der Waals surface area contributed by atoms with Gasteiger partial charge in [-0.2, -0.15) is 0 Å². The van der Waals surface area contributed by atoms with Gasteiger partial charge in [0.05, 0.1) is 29.5 Å². The first kappa shape index (κ1) is 22.4. The fourth-order valence-electron chi connectivity index (χ4n) is 4.42. The Labute approximate surface area is 200 Å². The molecule has 1 aromatic carbocycles. The molecule has 3 aromatic rings. The van der Waals surface area contributed by atoms with Gasteiger partial charge in [-0.25, -0.2) is 4.98 Å². The summed E-state index contributed by atoms with van der Waals surface area (Å²) in [6, 6.07) is 7.45. The van der Waals surface area contributed by atoms with E-state index in [1.54, 1.807) is 15.9 Å². The predicted molar refractivity (Wildman–Crippen MR) is 131 cm³/mol.